The molecule has 0 saturated heterocycles. The molecule has 80 valence electrons. The summed E-state index contributed by atoms with van der Waals surface area (Å²) in [7, 11) is -3.29. The van der Waals surface area contributed by atoms with Gasteiger partial charge in [-0.05, 0) is 12.5 Å². The van der Waals surface area contributed by atoms with Gasteiger partial charge in [-0.25, -0.2) is 8.42 Å². The molecule has 0 aliphatic carbocycles. The van der Waals surface area contributed by atoms with Gasteiger partial charge in [0.25, 0.3) is 10.0 Å². The van der Waals surface area contributed by atoms with Gasteiger partial charge in [-0.2, -0.15) is 9.19 Å². The first-order chi connectivity index (χ1) is 7.15. The standard InChI is InChI=1S/C10H12N2O2S/c1-2-7-15(13,14)12-10-6-4-3-5-9(10)8-11-12/h3-6,8H,2,7H2,1H3. The number of hydrogen-bond donors (Lipinski definition) is 0. The highest BCUT2D eigenvalue weighted by Crippen LogP contribution is 2.15. The molecule has 0 aliphatic heterocycles. The fourth-order valence-corrected chi connectivity index (χ4v) is 2.86. The number of para-hydroxylation sites is 1. The summed E-state index contributed by atoms with van der Waals surface area (Å²) in [4.78, 5) is 0. The average Bonchev–Trinajstić information content (AvgIpc) is 2.61. The summed E-state index contributed by atoms with van der Waals surface area (Å²) in [5.41, 5.74) is 0.644. The first kappa shape index (κ1) is 10.2. The van der Waals surface area contributed by atoms with Crippen molar-refractivity contribution in [1.29, 1.82) is 0 Å². The lowest BCUT2D eigenvalue weighted by Gasteiger charge is -2.03. The molecule has 2 aromatic rings. The van der Waals surface area contributed by atoms with E-state index < -0.39 is 10.0 Å². The molecule has 4 nitrogen and oxygen atoms in total. The third-order valence-corrected chi connectivity index (χ3v) is 3.91. The summed E-state index contributed by atoms with van der Waals surface area (Å²) in [6.07, 6.45) is 2.17. The Morgan fingerprint density at radius 1 is 1.33 bits per heavy atom. The number of fused-ring (bicyclic) bond motifs is 1. The van der Waals surface area contributed by atoms with E-state index in [0.29, 0.717) is 11.9 Å². The van der Waals surface area contributed by atoms with Crippen LogP contribution in [0.5, 0.6) is 0 Å². The monoisotopic (exact) mass is 224 g/mol. The molecule has 0 radical (unpaired) electrons. The first-order valence-corrected chi connectivity index (χ1v) is 6.42. The maximum absolute atomic E-state index is 11.8. The van der Waals surface area contributed by atoms with Crippen molar-refractivity contribution in [2.24, 2.45) is 0 Å². The van der Waals surface area contributed by atoms with Crippen LogP contribution in [0.1, 0.15) is 13.3 Å². The van der Waals surface area contributed by atoms with Crippen LogP contribution >= 0.6 is 0 Å². The summed E-state index contributed by atoms with van der Waals surface area (Å²) in [5.74, 6) is 0.124. The number of benzene rings is 1. The smallest absolute Gasteiger partial charge is 0.205 e. The van der Waals surface area contributed by atoms with Crippen molar-refractivity contribution in [2.75, 3.05) is 5.75 Å². The molecular formula is C10H12N2O2S. The molecule has 0 unspecified atom stereocenters. The average molecular weight is 224 g/mol. The van der Waals surface area contributed by atoms with Crippen molar-refractivity contribution in [3.8, 4) is 0 Å². The largest absolute Gasteiger partial charge is 0.254 e. The van der Waals surface area contributed by atoms with Gasteiger partial charge in [0.2, 0.25) is 0 Å². The predicted octanol–water partition coefficient (Wildman–Crippen LogP) is 1.62. The number of aromatic nitrogens is 2. The highest BCUT2D eigenvalue weighted by Gasteiger charge is 2.15. The lowest BCUT2D eigenvalue weighted by atomic mass is 10.3. The molecule has 0 atom stereocenters. The molecule has 0 N–H and O–H groups in total. The molecule has 0 fully saturated rings. The van der Waals surface area contributed by atoms with Gasteiger partial charge in [0, 0.05) is 5.39 Å². The van der Waals surface area contributed by atoms with Crippen molar-refractivity contribution in [3.05, 3.63) is 30.5 Å². The van der Waals surface area contributed by atoms with E-state index in [2.05, 4.69) is 5.10 Å². The topological polar surface area (TPSA) is 52.0 Å². The zero-order valence-corrected chi connectivity index (χ0v) is 9.24. The maximum Gasteiger partial charge on any atom is 0.254 e. The van der Waals surface area contributed by atoms with E-state index in [1.54, 1.807) is 12.3 Å². The van der Waals surface area contributed by atoms with Gasteiger partial charge in [0.1, 0.15) is 0 Å². The van der Waals surface area contributed by atoms with E-state index in [1.165, 1.54) is 0 Å². The van der Waals surface area contributed by atoms with Crippen LogP contribution in [0.4, 0.5) is 0 Å². The quantitative estimate of drug-likeness (QED) is 0.796. The van der Waals surface area contributed by atoms with Gasteiger partial charge in [-0.15, -0.1) is 0 Å². The minimum atomic E-state index is -3.29. The zero-order valence-electron chi connectivity index (χ0n) is 8.42. The normalized spacial score (nSPS) is 12.1. The minimum absolute atomic E-state index is 0.124. The molecule has 0 saturated carbocycles. The molecule has 1 aromatic heterocycles. The van der Waals surface area contributed by atoms with Crippen LogP contribution in [0, 0.1) is 0 Å². The Kier molecular flexibility index (Phi) is 2.48. The van der Waals surface area contributed by atoms with Gasteiger partial charge in [-0.3, -0.25) is 0 Å². The van der Waals surface area contributed by atoms with Crippen LogP contribution in [-0.2, 0) is 10.0 Å². The molecule has 0 aliphatic rings. The van der Waals surface area contributed by atoms with Gasteiger partial charge in [0.05, 0.1) is 17.5 Å². The lowest BCUT2D eigenvalue weighted by Crippen LogP contribution is -2.17. The maximum atomic E-state index is 11.8. The second kappa shape index (κ2) is 3.66. The van der Waals surface area contributed by atoms with Crippen LogP contribution < -0.4 is 0 Å². The molecule has 0 spiro atoms. The van der Waals surface area contributed by atoms with E-state index in [0.717, 1.165) is 9.47 Å². The molecule has 1 heterocycles. The highest BCUT2D eigenvalue weighted by molar-refractivity contribution is 7.89. The molecule has 5 heteroatoms. The molecule has 0 bridgehead atoms. The predicted molar refractivity (Wildman–Crippen MR) is 59.2 cm³/mol. The van der Waals surface area contributed by atoms with Crippen LogP contribution in [-0.4, -0.2) is 23.4 Å². The third-order valence-electron chi connectivity index (χ3n) is 2.17. The third kappa shape index (κ3) is 1.74. The Morgan fingerprint density at radius 3 is 2.80 bits per heavy atom. The first-order valence-electron chi connectivity index (χ1n) is 4.81. The highest BCUT2D eigenvalue weighted by atomic mass is 32.2. The van der Waals surface area contributed by atoms with Crippen LogP contribution in [0.3, 0.4) is 0 Å². The van der Waals surface area contributed by atoms with E-state index in [9.17, 15) is 8.42 Å². The van der Waals surface area contributed by atoms with E-state index in [-0.39, 0.29) is 5.75 Å². The molecule has 0 amide bonds. The van der Waals surface area contributed by atoms with E-state index >= 15 is 0 Å². The SMILES string of the molecule is CCCS(=O)(=O)n1ncc2ccccc21. The Labute approximate surface area is 88.6 Å². The van der Waals surface area contributed by atoms with Crippen LogP contribution in [0.2, 0.25) is 0 Å². The fraction of sp³-hybridized carbons (Fsp3) is 0.300. The van der Waals surface area contributed by atoms with Crippen molar-refractivity contribution in [2.45, 2.75) is 13.3 Å². The van der Waals surface area contributed by atoms with Crippen molar-refractivity contribution >= 4 is 20.9 Å². The molecule has 1 aromatic carbocycles. The lowest BCUT2D eigenvalue weighted by molar-refractivity contribution is 0.581. The minimum Gasteiger partial charge on any atom is -0.205 e. The second-order valence-corrected chi connectivity index (χ2v) is 5.28. The van der Waals surface area contributed by atoms with Gasteiger partial charge < -0.3 is 0 Å². The summed E-state index contributed by atoms with van der Waals surface area (Å²) in [5, 5.41) is 4.76. The van der Waals surface area contributed by atoms with E-state index in [1.807, 2.05) is 25.1 Å². The van der Waals surface area contributed by atoms with Crippen molar-refractivity contribution in [3.63, 3.8) is 0 Å². The van der Waals surface area contributed by atoms with Crippen LogP contribution in [0.15, 0.2) is 30.5 Å². The Balaban J connectivity index is 2.63. The molecular weight excluding hydrogens is 212 g/mol. The molecule has 2 rings (SSSR count). The zero-order chi connectivity index (χ0) is 10.9. The second-order valence-electron chi connectivity index (χ2n) is 3.36. The van der Waals surface area contributed by atoms with Crippen molar-refractivity contribution < 1.29 is 8.42 Å². The van der Waals surface area contributed by atoms with Crippen molar-refractivity contribution in [1.82, 2.24) is 9.19 Å². The van der Waals surface area contributed by atoms with Gasteiger partial charge in [0.15, 0.2) is 0 Å². The van der Waals surface area contributed by atoms with Crippen LogP contribution in [0.25, 0.3) is 10.9 Å². The van der Waals surface area contributed by atoms with Gasteiger partial charge in [-0.1, -0.05) is 25.1 Å². The van der Waals surface area contributed by atoms with E-state index in [4.69, 9.17) is 0 Å². The number of hydrogen-bond acceptors (Lipinski definition) is 3. The Bertz CT molecular complexity index is 572. The molecule has 15 heavy (non-hydrogen) atoms. The fourth-order valence-electron chi connectivity index (χ4n) is 1.51. The summed E-state index contributed by atoms with van der Waals surface area (Å²) in [6.45, 7) is 1.84. The summed E-state index contributed by atoms with van der Waals surface area (Å²) < 4.78 is 24.7. The number of nitrogens with zero attached hydrogens (tertiary/aromatic N) is 2. The Hall–Kier alpha value is -1.36. The summed E-state index contributed by atoms with van der Waals surface area (Å²) >= 11 is 0. The van der Waals surface area contributed by atoms with Gasteiger partial charge >= 0.3 is 0 Å². The number of rotatable bonds is 3. The summed E-state index contributed by atoms with van der Waals surface area (Å²) in [6, 6.07) is 7.28. The Morgan fingerprint density at radius 2 is 2.07 bits per heavy atom.